The molecule has 1 aromatic rings. The van der Waals surface area contributed by atoms with E-state index in [9.17, 15) is 21.2 Å². The summed E-state index contributed by atoms with van der Waals surface area (Å²) in [5, 5.41) is 0. The van der Waals surface area contributed by atoms with Gasteiger partial charge in [0.25, 0.3) is 10.2 Å². The second-order valence-electron chi connectivity index (χ2n) is 6.33. The van der Waals surface area contributed by atoms with Crippen molar-refractivity contribution in [1.82, 2.24) is 13.3 Å². The molecule has 0 spiro atoms. The van der Waals surface area contributed by atoms with Gasteiger partial charge in [0.05, 0.1) is 5.75 Å². The molecule has 0 bridgehead atoms. The highest BCUT2D eigenvalue weighted by Gasteiger charge is 2.29. The van der Waals surface area contributed by atoms with E-state index in [4.69, 9.17) is 0 Å². The Bertz CT molecular complexity index is 789. The van der Waals surface area contributed by atoms with Crippen LogP contribution >= 0.6 is 0 Å². The van der Waals surface area contributed by atoms with E-state index in [1.807, 2.05) is 0 Å². The fourth-order valence-electron chi connectivity index (χ4n) is 2.69. The predicted octanol–water partition coefficient (Wildman–Crippen LogP) is 0.764. The Morgan fingerprint density at radius 3 is 2.32 bits per heavy atom. The molecule has 2 rings (SSSR count). The van der Waals surface area contributed by atoms with E-state index in [-0.39, 0.29) is 18.0 Å². The van der Waals surface area contributed by atoms with Crippen molar-refractivity contribution in [3.8, 4) is 0 Å². The van der Waals surface area contributed by atoms with E-state index in [1.54, 1.807) is 6.07 Å². The molecule has 1 aromatic carbocycles. The first-order valence-electron chi connectivity index (χ1n) is 8.00. The summed E-state index contributed by atoms with van der Waals surface area (Å²) in [6, 6.07) is 5.77. The van der Waals surface area contributed by atoms with E-state index >= 15 is 0 Å². The van der Waals surface area contributed by atoms with Crippen LogP contribution < -0.4 is 4.72 Å². The average Bonchev–Trinajstić information content (AvgIpc) is 2.55. The fourth-order valence-corrected chi connectivity index (χ4v) is 5.06. The maximum atomic E-state index is 13.6. The lowest BCUT2D eigenvalue weighted by atomic mass is 9.99. The van der Waals surface area contributed by atoms with Gasteiger partial charge in [0.1, 0.15) is 5.82 Å². The number of hydrogen-bond acceptors (Lipinski definition) is 4. The molecule has 25 heavy (non-hydrogen) atoms. The Hall–Kier alpha value is -1.07. The number of halogens is 1. The van der Waals surface area contributed by atoms with Crippen LogP contribution in [0.25, 0.3) is 0 Å². The van der Waals surface area contributed by atoms with Crippen molar-refractivity contribution in [2.24, 2.45) is 5.92 Å². The summed E-state index contributed by atoms with van der Waals surface area (Å²) >= 11 is 0. The molecule has 0 aromatic heterocycles. The van der Waals surface area contributed by atoms with Crippen molar-refractivity contribution in [3.05, 3.63) is 35.6 Å². The van der Waals surface area contributed by atoms with Crippen molar-refractivity contribution in [3.63, 3.8) is 0 Å². The van der Waals surface area contributed by atoms with Gasteiger partial charge in [0.2, 0.25) is 10.0 Å². The second-order valence-corrected chi connectivity index (χ2v) is 10.3. The maximum Gasteiger partial charge on any atom is 0.281 e. The highest BCUT2D eigenvalue weighted by molar-refractivity contribution is 7.88. The molecule has 0 radical (unpaired) electrons. The molecule has 7 nitrogen and oxygen atoms in total. The molecule has 10 heteroatoms. The lowest BCUT2D eigenvalue weighted by molar-refractivity contribution is 0.263. The first-order chi connectivity index (χ1) is 11.6. The second kappa shape index (κ2) is 8.09. The molecule has 0 amide bonds. The highest BCUT2D eigenvalue weighted by atomic mass is 32.2. The van der Waals surface area contributed by atoms with Gasteiger partial charge < -0.3 is 0 Å². The molecule has 1 heterocycles. The standard InChI is InChI=1S/C15H24FN3O4S2/c1-18(2)25(22,23)19-9-7-13(8-10-19)11-17-24(20,21)12-14-5-3-4-6-15(14)16/h3-6,13,17H,7-12H2,1-2H3. The number of nitrogens with one attached hydrogen (secondary N) is 1. The van der Waals surface area contributed by atoms with Crippen LogP contribution in [0, 0.1) is 11.7 Å². The van der Waals surface area contributed by atoms with Gasteiger partial charge in [-0.2, -0.15) is 17.0 Å². The van der Waals surface area contributed by atoms with E-state index in [0.29, 0.717) is 25.9 Å². The number of piperidine rings is 1. The van der Waals surface area contributed by atoms with E-state index in [1.165, 1.54) is 40.9 Å². The quantitative estimate of drug-likeness (QED) is 0.741. The number of rotatable bonds is 7. The summed E-state index contributed by atoms with van der Waals surface area (Å²) in [6.45, 7) is 0.951. The molecule has 1 aliphatic heterocycles. The van der Waals surface area contributed by atoms with Crippen LogP contribution in [0.5, 0.6) is 0 Å². The van der Waals surface area contributed by atoms with Crippen LogP contribution in [-0.2, 0) is 26.0 Å². The van der Waals surface area contributed by atoms with Crippen molar-refractivity contribution in [1.29, 1.82) is 0 Å². The summed E-state index contributed by atoms with van der Waals surface area (Å²) in [4.78, 5) is 0. The summed E-state index contributed by atoms with van der Waals surface area (Å²) in [6.07, 6.45) is 1.16. The molecule has 0 unspecified atom stereocenters. The average molecular weight is 394 g/mol. The topological polar surface area (TPSA) is 86.8 Å². The first kappa shape index (κ1) is 20.2. The highest BCUT2D eigenvalue weighted by Crippen LogP contribution is 2.20. The summed E-state index contributed by atoms with van der Waals surface area (Å²) < 4.78 is 67.0. The number of benzene rings is 1. The summed E-state index contributed by atoms with van der Waals surface area (Å²) in [5.41, 5.74) is 0.127. The van der Waals surface area contributed by atoms with Crippen LogP contribution in [0.2, 0.25) is 0 Å². The molecule has 1 aliphatic rings. The summed E-state index contributed by atoms with van der Waals surface area (Å²) in [5.74, 6) is -0.896. The van der Waals surface area contributed by atoms with E-state index < -0.39 is 31.8 Å². The molecule has 0 saturated carbocycles. The number of nitrogens with zero attached hydrogens (tertiary/aromatic N) is 2. The lowest BCUT2D eigenvalue weighted by Gasteiger charge is -2.32. The van der Waals surface area contributed by atoms with Gasteiger partial charge in [-0.15, -0.1) is 0 Å². The Labute approximate surface area is 149 Å². The maximum absolute atomic E-state index is 13.6. The molecule has 1 fully saturated rings. The van der Waals surface area contributed by atoms with E-state index in [2.05, 4.69) is 4.72 Å². The first-order valence-corrected chi connectivity index (χ1v) is 11.0. The van der Waals surface area contributed by atoms with Crippen molar-refractivity contribution >= 4 is 20.2 Å². The number of sulfonamides is 1. The normalized spacial score (nSPS) is 17.9. The van der Waals surface area contributed by atoms with Crippen LogP contribution in [0.4, 0.5) is 4.39 Å². The van der Waals surface area contributed by atoms with Crippen molar-refractivity contribution in [2.75, 3.05) is 33.7 Å². The smallest absolute Gasteiger partial charge is 0.215 e. The van der Waals surface area contributed by atoms with Gasteiger partial charge in [-0.25, -0.2) is 17.5 Å². The Morgan fingerprint density at radius 1 is 1.16 bits per heavy atom. The van der Waals surface area contributed by atoms with Gasteiger partial charge in [-0.3, -0.25) is 0 Å². The van der Waals surface area contributed by atoms with Gasteiger partial charge in [0, 0.05) is 39.3 Å². The SMILES string of the molecule is CN(C)S(=O)(=O)N1CCC(CNS(=O)(=O)Cc2ccccc2F)CC1. The molecule has 142 valence electrons. The van der Waals surface area contributed by atoms with Gasteiger partial charge in [-0.1, -0.05) is 18.2 Å². The molecular weight excluding hydrogens is 369 g/mol. The molecule has 0 atom stereocenters. The zero-order chi connectivity index (χ0) is 18.7. The zero-order valence-electron chi connectivity index (χ0n) is 14.4. The third kappa shape index (κ3) is 5.45. The minimum absolute atomic E-state index is 0.0593. The molecule has 1 N–H and O–H groups in total. The largest absolute Gasteiger partial charge is 0.281 e. The van der Waals surface area contributed by atoms with Crippen LogP contribution in [0.3, 0.4) is 0 Å². The van der Waals surface area contributed by atoms with Gasteiger partial charge in [0.15, 0.2) is 0 Å². The Morgan fingerprint density at radius 2 is 1.76 bits per heavy atom. The Balaban J connectivity index is 1.85. The third-order valence-electron chi connectivity index (χ3n) is 4.26. The fraction of sp³-hybridized carbons (Fsp3) is 0.600. The Kier molecular flexibility index (Phi) is 6.55. The molecule has 0 aliphatic carbocycles. The lowest BCUT2D eigenvalue weighted by Crippen LogP contribution is -2.46. The van der Waals surface area contributed by atoms with Crippen LogP contribution in [-0.4, -0.2) is 59.2 Å². The van der Waals surface area contributed by atoms with Crippen LogP contribution in [0.15, 0.2) is 24.3 Å². The monoisotopic (exact) mass is 393 g/mol. The van der Waals surface area contributed by atoms with Crippen molar-refractivity contribution in [2.45, 2.75) is 18.6 Å². The van der Waals surface area contributed by atoms with Crippen molar-refractivity contribution < 1.29 is 21.2 Å². The molecule has 1 saturated heterocycles. The van der Waals surface area contributed by atoms with Gasteiger partial charge >= 0.3 is 0 Å². The minimum Gasteiger partial charge on any atom is -0.215 e. The third-order valence-corrected chi connectivity index (χ3v) is 7.49. The predicted molar refractivity (Wildman–Crippen MR) is 93.9 cm³/mol. The van der Waals surface area contributed by atoms with Crippen LogP contribution in [0.1, 0.15) is 18.4 Å². The summed E-state index contributed by atoms with van der Waals surface area (Å²) in [7, 11) is -4.10. The minimum atomic E-state index is -3.64. The number of hydrogen-bond donors (Lipinski definition) is 1. The molecular formula is C15H24FN3O4S2. The zero-order valence-corrected chi connectivity index (χ0v) is 16.0. The van der Waals surface area contributed by atoms with Gasteiger partial charge in [-0.05, 0) is 24.8 Å². The van der Waals surface area contributed by atoms with E-state index in [0.717, 1.165) is 0 Å².